The third kappa shape index (κ3) is 3.11. The summed E-state index contributed by atoms with van der Waals surface area (Å²) >= 11 is 12.0. The molecule has 2 nitrogen and oxygen atoms in total. The molecule has 0 aromatic carbocycles. The molecule has 0 unspecified atom stereocenters. The molecule has 2 heterocycles. The smallest absolute Gasteiger partial charge is 0.161 e. The van der Waals surface area contributed by atoms with Crippen LogP contribution in [0.1, 0.15) is 19.5 Å². The summed E-state index contributed by atoms with van der Waals surface area (Å²) in [6, 6.07) is 5.20. The SMILES string of the molecule is C/C(F)=C(\C=C(/C)Cl)c1cc(Cl)c2cccnc2n1. The predicted octanol–water partition coefficient (Wildman–Crippen LogP) is 5.13. The van der Waals surface area contributed by atoms with Crippen molar-refractivity contribution in [3.05, 3.63) is 52.0 Å². The van der Waals surface area contributed by atoms with E-state index in [-0.39, 0.29) is 5.83 Å². The van der Waals surface area contributed by atoms with Crippen LogP contribution in [0.25, 0.3) is 16.6 Å². The molecule has 0 aliphatic heterocycles. The topological polar surface area (TPSA) is 25.8 Å². The van der Waals surface area contributed by atoms with E-state index in [1.807, 2.05) is 6.07 Å². The fourth-order valence-electron chi connectivity index (χ4n) is 1.70. The Hall–Kier alpha value is -1.45. The van der Waals surface area contributed by atoms with Crippen molar-refractivity contribution in [2.75, 3.05) is 0 Å². The number of allylic oxidation sites excluding steroid dienone is 4. The van der Waals surface area contributed by atoms with Crippen LogP contribution in [0.5, 0.6) is 0 Å². The number of rotatable bonds is 2. The van der Waals surface area contributed by atoms with Gasteiger partial charge in [0.1, 0.15) is 5.83 Å². The first-order valence-electron chi connectivity index (χ1n) is 5.61. The van der Waals surface area contributed by atoms with E-state index in [1.165, 1.54) is 13.0 Å². The van der Waals surface area contributed by atoms with E-state index < -0.39 is 0 Å². The Morgan fingerprint density at radius 1 is 1.37 bits per heavy atom. The quantitative estimate of drug-likeness (QED) is 0.718. The Kier molecular flexibility index (Phi) is 4.17. The lowest BCUT2D eigenvalue weighted by atomic mass is 10.1. The van der Waals surface area contributed by atoms with Crippen molar-refractivity contribution in [1.82, 2.24) is 9.97 Å². The van der Waals surface area contributed by atoms with Gasteiger partial charge in [-0.2, -0.15) is 0 Å². The van der Waals surface area contributed by atoms with Crippen LogP contribution in [-0.4, -0.2) is 9.97 Å². The van der Waals surface area contributed by atoms with E-state index in [2.05, 4.69) is 9.97 Å². The second-order valence-electron chi connectivity index (χ2n) is 4.04. The fourth-order valence-corrected chi connectivity index (χ4v) is 2.06. The molecule has 5 heteroatoms. The van der Waals surface area contributed by atoms with Gasteiger partial charge in [-0.25, -0.2) is 14.4 Å². The summed E-state index contributed by atoms with van der Waals surface area (Å²) in [6.07, 6.45) is 3.13. The van der Waals surface area contributed by atoms with Crippen LogP contribution >= 0.6 is 23.2 Å². The minimum atomic E-state index is -0.376. The molecular weight excluding hydrogens is 286 g/mol. The third-order valence-electron chi connectivity index (χ3n) is 2.52. The highest BCUT2D eigenvalue weighted by Crippen LogP contribution is 2.28. The number of nitrogens with zero attached hydrogens (tertiary/aromatic N) is 2. The van der Waals surface area contributed by atoms with Gasteiger partial charge in [0.05, 0.1) is 10.7 Å². The van der Waals surface area contributed by atoms with E-state index in [0.717, 1.165) is 5.39 Å². The summed E-state index contributed by atoms with van der Waals surface area (Å²) in [7, 11) is 0. The van der Waals surface area contributed by atoms with E-state index in [0.29, 0.717) is 27.0 Å². The van der Waals surface area contributed by atoms with E-state index in [4.69, 9.17) is 23.2 Å². The van der Waals surface area contributed by atoms with Gasteiger partial charge in [-0.3, -0.25) is 0 Å². The Morgan fingerprint density at radius 2 is 2.11 bits per heavy atom. The van der Waals surface area contributed by atoms with Gasteiger partial charge in [-0.05, 0) is 38.1 Å². The van der Waals surface area contributed by atoms with Crippen molar-refractivity contribution in [2.24, 2.45) is 0 Å². The maximum atomic E-state index is 13.6. The molecule has 2 aromatic heterocycles. The molecule has 0 spiro atoms. The minimum Gasteiger partial charge on any atom is -0.237 e. The molecule has 0 amide bonds. The van der Waals surface area contributed by atoms with Gasteiger partial charge in [0, 0.05) is 22.2 Å². The molecule has 0 N–H and O–H groups in total. The number of hydrogen-bond donors (Lipinski definition) is 0. The molecule has 0 atom stereocenters. The standard InChI is InChI=1S/C14H11Cl2FN2/c1-8(15)6-11(9(2)17)13-7-12(16)10-4-3-5-18-14(10)19-13/h3-7H,1-2H3/b8-6+,11-9-. The Bertz CT molecular complexity index is 685. The molecule has 2 rings (SSSR count). The summed E-state index contributed by atoms with van der Waals surface area (Å²) in [6.45, 7) is 3.02. The second-order valence-corrected chi connectivity index (χ2v) is 5.05. The maximum Gasteiger partial charge on any atom is 0.161 e. The van der Waals surface area contributed by atoms with Crippen LogP contribution < -0.4 is 0 Å². The zero-order valence-electron chi connectivity index (χ0n) is 10.4. The van der Waals surface area contributed by atoms with Gasteiger partial charge < -0.3 is 0 Å². The van der Waals surface area contributed by atoms with Crippen LogP contribution in [0.3, 0.4) is 0 Å². The number of halogens is 3. The van der Waals surface area contributed by atoms with Crippen molar-refractivity contribution >= 4 is 39.8 Å². The van der Waals surface area contributed by atoms with Crippen molar-refractivity contribution in [3.63, 3.8) is 0 Å². The van der Waals surface area contributed by atoms with Crippen molar-refractivity contribution in [3.8, 4) is 0 Å². The van der Waals surface area contributed by atoms with E-state index in [1.54, 1.807) is 25.3 Å². The largest absolute Gasteiger partial charge is 0.237 e. The fraction of sp³-hybridized carbons (Fsp3) is 0.143. The lowest BCUT2D eigenvalue weighted by Gasteiger charge is -2.06. The van der Waals surface area contributed by atoms with Gasteiger partial charge in [-0.1, -0.05) is 23.2 Å². The monoisotopic (exact) mass is 296 g/mol. The molecule has 0 aliphatic rings. The predicted molar refractivity (Wildman–Crippen MR) is 77.9 cm³/mol. The Morgan fingerprint density at radius 3 is 2.74 bits per heavy atom. The number of aromatic nitrogens is 2. The molecule has 19 heavy (non-hydrogen) atoms. The van der Waals surface area contributed by atoms with Crippen LogP contribution in [0.15, 0.2) is 41.3 Å². The van der Waals surface area contributed by atoms with Crippen LogP contribution in [-0.2, 0) is 0 Å². The van der Waals surface area contributed by atoms with Gasteiger partial charge in [0.25, 0.3) is 0 Å². The lowest BCUT2D eigenvalue weighted by molar-refractivity contribution is 0.644. The summed E-state index contributed by atoms with van der Waals surface area (Å²) in [4.78, 5) is 8.44. The molecule has 0 saturated carbocycles. The summed E-state index contributed by atoms with van der Waals surface area (Å²) < 4.78 is 13.6. The molecule has 2 aromatic rings. The summed E-state index contributed by atoms with van der Waals surface area (Å²) in [5.41, 5.74) is 1.20. The first-order valence-corrected chi connectivity index (χ1v) is 6.36. The first kappa shape index (κ1) is 14.0. The zero-order valence-corrected chi connectivity index (χ0v) is 11.9. The van der Waals surface area contributed by atoms with Gasteiger partial charge in [0.2, 0.25) is 0 Å². The molecule has 0 fully saturated rings. The van der Waals surface area contributed by atoms with Gasteiger partial charge in [0.15, 0.2) is 5.65 Å². The van der Waals surface area contributed by atoms with Gasteiger partial charge >= 0.3 is 0 Å². The van der Waals surface area contributed by atoms with Crippen molar-refractivity contribution in [1.29, 1.82) is 0 Å². The first-order chi connectivity index (χ1) is 8.99. The normalized spacial score (nSPS) is 13.6. The molecule has 98 valence electrons. The van der Waals surface area contributed by atoms with Crippen molar-refractivity contribution in [2.45, 2.75) is 13.8 Å². The minimum absolute atomic E-state index is 0.307. The third-order valence-corrected chi connectivity index (χ3v) is 2.95. The van der Waals surface area contributed by atoms with Crippen molar-refractivity contribution < 1.29 is 4.39 Å². The summed E-state index contributed by atoms with van der Waals surface area (Å²) in [5.74, 6) is -0.376. The molecule has 0 bridgehead atoms. The van der Waals surface area contributed by atoms with Crippen LogP contribution in [0, 0.1) is 0 Å². The Balaban J connectivity index is 2.69. The molecule has 0 aliphatic carbocycles. The average Bonchev–Trinajstić information content (AvgIpc) is 2.35. The lowest BCUT2D eigenvalue weighted by Crippen LogP contribution is -1.93. The maximum absolute atomic E-state index is 13.6. The van der Waals surface area contributed by atoms with Gasteiger partial charge in [-0.15, -0.1) is 0 Å². The van der Waals surface area contributed by atoms with Crippen LogP contribution in [0.2, 0.25) is 5.02 Å². The average molecular weight is 297 g/mol. The second kappa shape index (κ2) is 5.68. The van der Waals surface area contributed by atoms with Crippen LogP contribution in [0.4, 0.5) is 4.39 Å². The molecular formula is C14H11Cl2FN2. The highest BCUT2D eigenvalue weighted by molar-refractivity contribution is 6.35. The van der Waals surface area contributed by atoms with E-state index in [9.17, 15) is 4.39 Å². The number of pyridine rings is 2. The van der Waals surface area contributed by atoms with E-state index >= 15 is 0 Å². The molecule has 0 radical (unpaired) electrons. The zero-order chi connectivity index (χ0) is 14.0. The summed E-state index contributed by atoms with van der Waals surface area (Å²) in [5, 5.41) is 1.67. The molecule has 0 saturated heterocycles. The Labute approximate surface area is 120 Å². The number of hydrogen-bond acceptors (Lipinski definition) is 2. The highest BCUT2D eigenvalue weighted by atomic mass is 35.5. The number of fused-ring (bicyclic) bond motifs is 1. The highest BCUT2D eigenvalue weighted by Gasteiger charge is 2.10.